The number of anilines is 1. The Morgan fingerprint density at radius 3 is 2.50 bits per heavy atom. The number of aromatic amines is 1. The summed E-state index contributed by atoms with van der Waals surface area (Å²) in [6.45, 7) is 1.62. The molecular weight excluding hydrogens is 606 g/mol. The van der Waals surface area contributed by atoms with Gasteiger partial charge < -0.3 is 15.0 Å². The van der Waals surface area contributed by atoms with Gasteiger partial charge in [-0.3, -0.25) is 14.2 Å². The van der Waals surface area contributed by atoms with Crippen LogP contribution in [0.25, 0.3) is 27.8 Å². The molecule has 0 unspecified atom stereocenters. The van der Waals surface area contributed by atoms with Crippen molar-refractivity contribution in [1.29, 1.82) is 0 Å². The van der Waals surface area contributed by atoms with Gasteiger partial charge in [0.15, 0.2) is 11.6 Å². The number of carbonyl (C=O) groups is 1. The zero-order valence-electron chi connectivity index (χ0n) is 22.0. The molecule has 208 valence electrons. The molecular formula is C32H21BrF2N4O3. The fraction of sp³-hybridized carbons (Fsp3) is 0.0312. The van der Waals surface area contributed by atoms with Gasteiger partial charge in [0, 0.05) is 46.1 Å². The molecule has 6 rings (SSSR count). The molecule has 0 fully saturated rings. The highest BCUT2D eigenvalue weighted by atomic mass is 79.9. The van der Waals surface area contributed by atoms with Gasteiger partial charge in [-0.25, -0.2) is 13.8 Å². The SMILES string of the molecule is Cc1c(Br)cn(-c2ccc(F)cc2)c(=O)c1C(=O)Nc1ccc(Oc2ccnc3[nH]cc(-c4ccccc4)c23)c(F)c1. The number of amides is 1. The molecule has 0 atom stereocenters. The Balaban J connectivity index is 1.29. The first-order chi connectivity index (χ1) is 20.3. The van der Waals surface area contributed by atoms with Crippen LogP contribution in [-0.2, 0) is 0 Å². The van der Waals surface area contributed by atoms with E-state index in [0.717, 1.165) is 17.2 Å². The maximum absolute atomic E-state index is 15.3. The number of benzene rings is 3. The smallest absolute Gasteiger partial charge is 0.268 e. The topological polar surface area (TPSA) is 89.0 Å². The van der Waals surface area contributed by atoms with Crippen molar-refractivity contribution in [2.75, 3.05) is 5.32 Å². The third-order valence-electron chi connectivity index (χ3n) is 6.77. The van der Waals surface area contributed by atoms with Crippen molar-refractivity contribution in [3.8, 4) is 28.3 Å². The van der Waals surface area contributed by atoms with Crippen LogP contribution in [0, 0.1) is 18.6 Å². The molecule has 0 aliphatic rings. The number of H-pyrrole nitrogens is 1. The first kappa shape index (κ1) is 27.1. The van der Waals surface area contributed by atoms with E-state index in [0.29, 0.717) is 32.5 Å². The Hall–Kier alpha value is -5.09. The minimum Gasteiger partial charge on any atom is -0.453 e. The van der Waals surface area contributed by atoms with Crippen molar-refractivity contribution < 1.29 is 18.3 Å². The third-order valence-corrected chi connectivity index (χ3v) is 7.57. The number of hydrogen-bond acceptors (Lipinski definition) is 4. The average molecular weight is 627 g/mol. The number of nitrogens with one attached hydrogen (secondary N) is 2. The molecule has 2 N–H and O–H groups in total. The number of nitrogens with zero attached hydrogens (tertiary/aromatic N) is 2. The Morgan fingerprint density at radius 2 is 1.76 bits per heavy atom. The van der Waals surface area contributed by atoms with Crippen LogP contribution in [0.15, 0.2) is 107 Å². The van der Waals surface area contributed by atoms with Crippen LogP contribution in [-0.4, -0.2) is 20.4 Å². The quantitative estimate of drug-likeness (QED) is 0.198. The van der Waals surface area contributed by atoms with Crippen molar-refractivity contribution >= 4 is 38.6 Å². The van der Waals surface area contributed by atoms with Crippen LogP contribution in [0.2, 0.25) is 0 Å². The fourth-order valence-corrected chi connectivity index (χ4v) is 5.06. The second kappa shape index (κ2) is 11.1. The Morgan fingerprint density at radius 1 is 1.00 bits per heavy atom. The maximum Gasteiger partial charge on any atom is 0.268 e. The molecule has 0 saturated heterocycles. The largest absolute Gasteiger partial charge is 0.453 e. The molecule has 0 radical (unpaired) electrons. The van der Waals surface area contributed by atoms with E-state index in [9.17, 15) is 14.0 Å². The summed E-state index contributed by atoms with van der Waals surface area (Å²) in [6.07, 6.45) is 4.90. The highest BCUT2D eigenvalue weighted by Crippen LogP contribution is 2.37. The Kier molecular flexibility index (Phi) is 7.13. The molecule has 1 amide bonds. The predicted octanol–water partition coefficient (Wildman–Crippen LogP) is 7.77. The average Bonchev–Trinajstić information content (AvgIpc) is 3.43. The second-order valence-electron chi connectivity index (χ2n) is 9.43. The van der Waals surface area contributed by atoms with Gasteiger partial charge in [0.2, 0.25) is 0 Å². The fourth-order valence-electron chi connectivity index (χ4n) is 4.66. The molecule has 0 saturated carbocycles. The van der Waals surface area contributed by atoms with Gasteiger partial charge >= 0.3 is 0 Å². The number of halogens is 3. The van der Waals surface area contributed by atoms with E-state index in [4.69, 9.17) is 4.74 Å². The van der Waals surface area contributed by atoms with Crippen LogP contribution in [0.3, 0.4) is 0 Å². The second-order valence-corrected chi connectivity index (χ2v) is 10.3. The standard InChI is InChI=1S/C32H21BrF2N4O3/c1-18-24(33)17-39(22-10-7-20(34)8-11-22)32(41)28(18)31(40)38-21-9-12-26(25(35)15-21)42-27-13-14-36-30-29(27)23(16-37-30)19-5-3-2-4-6-19/h2-17H,1H3,(H,36,37)(H,38,40). The van der Waals surface area contributed by atoms with E-state index in [-0.39, 0.29) is 17.0 Å². The first-order valence-corrected chi connectivity index (χ1v) is 13.6. The summed E-state index contributed by atoms with van der Waals surface area (Å²) in [5.41, 5.74) is 2.55. The van der Waals surface area contributed by atoms with Gasteiger partial charge in [-0.05, 0) is 76.4 Å². The van der Waals surface area contributed by atoms with Crippen LogP contribution < -0.4 is 15.6 Å². The molecule has 6 aromatic rings. The van der Waals surface area contributed by atoms with E-state index in [2.05, 4.69) is 31.2 Å². The number of pyridine rings is 2. The molecule has 7 nitrogen and oxygen atoms in total. The van der Waals surface area contributed by atoms with E-state index < -0.39 is 23.1 Å². The molecule has 3 aromatic heterocycles. The van der Waals surface area contributed by atoms with Gasteiger partial charge in [-0.15, -0.1) is 0 Å². The number of carbonyl (C=O) groups excluding carboxylic acids is 1. The summed E-state index contributed by atoms with van der Waals surface area (Å²) >= 11 is 3.39. The van der Waals surface area contributed by atoms with Gasteiger partial charge in [-0.1, -0.05) is 30.3 Å². The Labute approximate surface area is 246 Å². The summed E-state index contributed by atoms with van der Waals surface area (Å²) in [5.74, 6) is -1.55. The normalized spacial score (nSPS) is 11.0. The molecule has 3 aromatic carbocycles. The van der Waals surface area contributed by atoms with E-state index in [1.165, 1.54) is 47.2 Å². The first-order valence-electron chi connectivity index (χ1n) is 12.8. The zero-order valence-corrected chi connectivity index (χ0v) is 23.6. The number of aromatic nitrogens is 3. The highest BCUT2D eigenvalue weighted by Gasteiger charge is 2.21. The molecule has 0 aliphatic heterocycles. The molecule has 0 spiro atoms. The monoisotopic (exact) mass is 626 g/mol. The van der Waals surface area contributed by atoms with Crippen molar-refractivity contribution in [2.24, 2.45) is 0 Å². The molecule has 10 heteroatoms. The summed E-state index contributed by atoms with van der Waals surface area (Å²) in [6, 6.07) is 20.6. The lowest BCUT2D eigenvalue weighted by atomic mass is 10.1. The van der Waals surface area contributed by atoms with Crippen LogP contribution in [0.1, 0.15) is 15.9 Å². The van der Waals surface area contributed by atoms with E-state index >= 15 is 4.39 Å². The van der Waals surface area contributed by atoms with Crippen LogP contribution in [0.4, 0.5) is 14.5 Å². The molecule has 0 bridgehead atoms. The van der Waals surface area contributed by atoms with Gasteiger partial charge in [0.1, 0.15) is 22.8 Å². The molecule has 3 heterocycles. The minimum atomic E-state index is -0.724. The third kappa shape index (κ3) is 5.08. The van der Waals surface area contributed by atoms with Gasteiger partial charge in [0.25, 0.3) is 11.5 Å². The van der Waals surface area contributed by atoms with Crippen molar-refractivity contribution in [2.45, 2.75) is 6.92 Å². The van der Waals surface area contributed by atoms with E-state index in [1.807, 2.05) is 36.5 Å². The number of hydrogen-bond donors (Lipinski definition) is 2. The van der Waals surface area contributed by atoms with E-state index in [1.54, 1.807) is 19.2 Å². The zero-order chi connectivity index (χ0) is 29.4. The summed E-state index contributed by atoms with van der Waals surface area (Å²) in [4.78, 5) is 34.0. The van der Waals surface area contributed by atoms with Crippen molar-refractivity contribution in [3.63, 3.8) is 0 Å². The van der Waals surface area contributed by atoms with Crippen molar-refractivity contribution in [1.82, 2.24) is 14.5 Å². The summed E-state index contributed by atoms with van der Waals surface area (Å²) < 4.78 is 36.4. The van der Waals surface area contributed by atoms with Crippen molar-refractivity contribution in [3.05, 3.63) is 135 Å². The van der Waals surface area contributed by atoms with Gasteiger partial charge in [-0.2, -0.15) is 0 Å². The van der Waals surface area contributed by atoms with Crippen LogP contribution in [0.5, 0.6) is 11.5 Å². The predicted molar refractivity (Wildman–Crippen MR) is 160 cm³/mol. The number of rotatable bonds is 6. The summed E-state index contributed by atoms with van der Waals surface area (Å²) in [7, 11) is 0. The summed E-state index contributed by atoms with van der Waals surface area (Å²) in [5, 5.41) is 3.30. The van der Waals surface area contributed by atoms with Crippen LogP contribution >= 0.6 is 15.9 Å². The minimum absolute atomic E-state index is 0.0574. The molecule has 0 aliphatic carbocycles. The lowest BCUT2D eigenvalue weighted by molar-refractivity contribution is 0.102. The van der Waals surface area contributed by atoms with Gasteiger partial charge in [0.05, 0.1) is 5.39 Å². The number of fused-ring (bicyclic) bond motifs is 1. The highest BCUT2D eigenvalue weighted by molar-refractivity contribution is 9.10. The maximum atomic E-state index is 15.3. The lowest BCUT2D eigenvalue weighted by Crippen LogP contribution is -2.30. The Bertz CT molecular complexity index is 2020. The molecule has 42 heavy (non-hydrogen) atoms. The lowest BCUT2D eigenvalue weighted by Gasteiger charge is -2.14. The number of ether oxygens (including phenoxy) is 1.